The molecule has 1 unspecified atom stereocenters. The van der Waals surface area contributed by atoms with Crippen LogP contribution in [0.1, 0.15) is 59.3 Å². The van der Waals surface area contributed by atoms with Crippen molar-refractivity contribution in [1.82, 2.24) is 4.90 Å². The number of nitrogens with zero attached hydrogens (tertiary/aromatic N) is 2. The summed E-state index contributed by atoms with van der Waals surface area (Å²) in [6.07, 6.45) is 8.00. The first kappa shape index (κ1) is 14.3. The number of nitrogens with two attached hydrogens (primary N) is 1. The molecule has 3 heteroatoms. The highest BCUT2D eigenvalue weighted by Gasteiger charge is 2.25. The second-order valence-corrected chi connectivity index (χ2v) is 5.60. The molecule has 0 aliphatic carbocycles. The predicted octanol–water partition coefficient (Wildman–Crippen LogP) is 3.00. The van der Waals surface area contributed by atoms with E-state index in [4.69, 9.17) is 5.73 Å². The van der Waals surface area contributed by atoms with Crippen LogP contribution in [0.25, 0.3) is 0 Å². The van der Waals surface area contributed by atoms with E-state index in [0.717, 1.165) is 19.0 Å². The fraction of sp³-hybridized carbons (Fsp3) is 0.929. The van der Waals surface area contributed by atoms with Crippen molar-refractivity contribution in [2.45, 2.75) is 65.3 Å². The number of guanidine groups is 1. The average Bonchev–Trinajstić information content (AvgIpc) is 2.60. The van der Waals surface area contributed by atoms with Gasteiger partial charge in [-0.05, 0) is 12.3 Å². The third-order valence-electron chi connectivity index (χ3n) is 3.40. The minimum atomic E-state index is 0.569. The zero-order chi connectivity index (χ0) is 12.7. The summed E-state index contributed by atoms with van der Waals surface area (Å²) in [6, 6.07) is 0.569. The van der Waals surface area contributed by atoms with Crippen molar-refractivity contribution in [3.8, 4) is 0 Å². The van der Waals surface area contributed by atoms with Crippen molar-refractivity contribution >= 4 is 5.96 Å². The van der Waals surface area contributed by atoms with Gasteiger partial charge in [-0.25, -0.2) is 0 Å². The van der Waals surface area contributed by atoms with Gasteiger partial charge in [-0.15, -0.1) is 0 Å². The van der Waals surface area contributed by atoms with Crippen LogP contribution in [0.15, 0.2) is 4.99 Å². The molecule has 100 valence electrons. The van der Waals surface area contributed by atoms with Gasteiger partial charge in [0.25, 0.3) is 0 Å². The quantitative estimate of drug-likeness (QED) is 0.662. The van der Waals surface area contributed by atoms with Crippen molar-refractivity contribution in [3.05, 3.63) is 0 Å². The van der Waals surface area contributed by atoms with Crippen LogP contribution in [-0.2, 0) is 0 Å². The van der Waals surface area contributed by atoms with Gasteiger partial charge >= 0.3 is 0 Å². The Morgan fingerprint density at radius 2 is 2.00 bits per heavy atom. The van der Waals surface area contributed by atoms with Crippen molar-refractivity contribution in [3.63, 3.8) is 0 Å². The van der Waals surface area contributed by atoms with E-state index in [1.165, 1.54) is 38.5 Å². The molecule has 1 aliphatic heterocycles. The molecular formula is C14H29N3. The Morgan fingerprint density at radius 3 is 2.65 bits per heavy atom. The predicted molar refractivity (Wildman–Crippen MR) is 75.2 cm³/mol. The second kappa shape index (κ2) is 7.57. The largest absolute Gasteiger partial charge is 0.370 e. The fourth-order valence-electron chi connectivity index (χ4n) is 2.44. The van der Waals surface area contributed by atoms with Crippen molar-refractivity contribution in [2.24, 2.45) is 16.6 Å². The minimum Gasteiger partial charge on any atom is -0.370 e. The molecule has 17 heavy (non-hydrogen) atoms. The first-order valence-electron chi connectivity index (χ1n) is 7.21. The summed E-state index contributed by atoms with van der Waals surface area (Å²) in [6.45, 7) is 8.70. The van der Waals surface area contributed by atoms with Crippen molar-refractivity contribution in [2.75, 3.05) is 13.1 Å². The van der Waals surface area contributed by atoms with Crippen LogP contribution in [0.2, 0.25) is 0 Å². The van der Waals surface area contributed by atoms with Crippen molar-refractivity contribution < 1.29 is 0 Å². The Morgan fingerprint density at radius 1 is 1.29 bits per heavy atom. The molecule has 0 amide bonds. The molecule has 2 N–H and O–H groups in total. The highest BCUT2D eigenvalue weighted by atomic mass is 15.3. The summed E-state index contributed by atoms with van der Waals surface area (Å²) in [7, 11) is 0. The lowest BCUT2D eigenvalue weighted by Gasteiger charge is -2.27. The van der Waals surface area contributed by atoms with E-state index in [1.54, 1.807) is 0 Å². The Kier molecular flexibility index (Phi) is 6.38. The maximum atomic E-state index is 5.95. The lowest BCUT2D eigenvalue weighted by atomic mass is 10.0. The van der Waals surface area contributed by atoms with E-state index >= 15 is 0 Å². The number of unbranched alkanes of at least 4 members (excludes halogenated alkanes) is 4. The number of hydrogen-bond acceptors (Lipinski definition) is 3. The molecule has 0 saturated carbocycles. The van der Waals surface area contributed by atoms with E-state index in [-0.39, 0.29) is 0 Å². The van der Waals surface area contributed by atoms with Crippen molar-refractivity contribution in [1.29, 1.82) is 0 Å². The number of aliphatic imine (C=N–C) groups is 1. The van der Waals surface area contributed by atoms with Gasteiger partial charge in [0.15, 0.2) is 5.96 Å². The molecular weight excluding hydrogens is 210 g/mol. The Hall–Kier alpha value is -0.730. The summed E-state index contributed by atoms with van der Waals surface area (Å²) >= 11 is 0. The van der Waals surface area contributed by atoms with Gasteiger partial charge in [-0.2, -0.15) is 0 Å². The van der Waals surface area contributed by atoms with Crippen LogP contribution >= 0.6 is 0 Å². The summed E-state index contributed by atoms with van der Waals surface area (Å²) in [5.74, 6) is 1.42. The summed E-state index contributed by atoms with van der Waals surface area (Å²) < 4.78 is 0. The molecule has 0 spiro atoms. The normalized spacial score (nSPS) is 20.1. The van der Waals surface area contributed by atoms with Gasteiger partial charge in [0.1, 0.15) is 0 Å². The lowest BCUT2D eigenvalue weighted by Crippen LogP contribution is -2.42. The molecule has 0 bridgehead atoms. The maximum absolute atomic E-state index is 5.95. The SMILES string of the molecule is CCCCCCCC1CN=C(N)N1CC(C)C. The van der Waals surface area contributed by atoms with Crippen LogP contribution in [0.4, 0.5) is 0 Å². The molecule has 0 fully saturated rings. The van der Waals surface area contributed by atoms with E-state index in [2.05, 4.69) is 30.7 Å². The Bertz CT molecular complexity index is 236. The summed E-state index contributed by atoms with van der Waals surface area (Å²) in [5.41, 5.74) is 5.95. The van der Waals surface area contributed by atoms with Crippen LogP contribution < -0.4 is 5.73 Å². The first-order valence-corrected chi connectivity index (χ1v) is 7.21. The molecule has 0 aromatic rings. The molecule has 0 aromatic heterocycles. The summed E-state index contributed by atoms with van der Waals surface area (Å²) in [5, 5.41) is 0. The van der Waals surface area contributed by atoms with Gasteiger partial charge in [-0.1, -0.05) is 52.9 Å². The zero-order valence-electron chi connectivity index (χ0n) is 11.8. The van der Waals surface area contributed by atoms with Crippen LogP contribution in [0.5, 0.6) is 0 Å². The van der Waals surface area contributed by atoms with Crippen LogP contribution in [0.3, 0.4) is 0 Å². The smallest absolute Gasteiger partial charge is 0.191 e. The van der Waals surface area contributed by atoms with Crippen LogP contribution in [0, 0.1) is 5.92 Å². The highest BCUT2D eigenvalue weighted by Crippen LogP contribution is 2.17. The fourth-order valence-corrected chi connectivity index (χ4v) is 2.44. The monoisotopic (exact) mass is 239 g/mol. The number of hydrogen-bond donors (Lipinski definition) is 1. The maximum Gasteiger partial charge on any atom is 0.191 e. The second-order valence-electron chi connectivity index (χ2n) is 5.60. The van der Waals surface area contributed by atoms with E-state index in [1.807, 2.05) is 0 Å². The highest BCUT2D eigenvalue weighted by molar-refractivity contribution is 5.80. The van der Waals surface area contributed by atoms with Gasteiger partial charge in [0.2, 0.25) is 0 Å². The van der Waals surface area contributed by atoms with Gasteiger partial charge in [0.05, 0.1) is 12.6 Å². The molecule has 0 radical (unpaired) electrons. The standard InChI is InChI=1S/C14H29N3/c1-4-5-6-7-8-9-13-10-16-14(15)17(13)11-12(2)3/h12-13H,4-11H2,1-3H3,(H2,15,16). The molecule has 0 aromatic carbocycles. The minimum absolute atomic E-state index is 0.569. The molecule has 3 nitrogen and oxygen atoms in total. The molecule has 1 rings (SSSR count). The topological polar surface area (TPSA) is 41.6 Å². The molecule has 1 heterocycles. The number of rotatable bonds is 8. The third kappa shape index (κ3) is 4.97. The molecule has 1 aliphatic rings. The van der Waals surface area contributed by atoms with Gasteiger partial charge < -0.3 is 10.6 Å². The van der Waals surface area contributed by atoms with E-state index in [9.17, 15) is 0 Å². The van der Waals surface area contributed by atoms with E-state index < -0.39 is 0 Å². The van der Waals surface area contributed by atoms with Gasteiger partial charge in [0, 0.05) is 6.54 Å². The van der Waals surface area contributed by atoms with Gasteiger partial charge in [-0.3, -0.25) is 4.99 Å². The summed E-state index contributed by atoms with van der Waals surface area (Å²) in [4.78, 5) is 6.70. The first-order chi connectivity index (χ1) is 8.15. The van der Waals surface area contributed by atoms with E-state index in [0.29, 0.717) is 12.0 Å². The van der Waals surface area contributed by atoms with Crippen LogP contribution in [-0.4, -0.2) is 30.0 Å². The molecule has 0 saturated heterocycles. The third-order valence-corrected chi connectivity index (χ3v) is 3.40. The lowest BCUT2D eigenvalue weighted by molar-refractivity contribution is 0.286. The average molecular weight is 239 g/mol. The Balaban J connectivity index is 2.23. The molecule has 1 atom stereocenters. The zero-order valence-corrected chi connectivity index (χ0v) is 11.8. The Labute approximate surface area is 106 Å².